The molecule has 0 aromatic heterocycles. The van der Waals surface area contributed by atoms with E-state index in [1.54, 1.807) is 7.11 Å². The van der Waals surface area contributed by atoms with Crippen LogP contribution < -0.4 is 10.5 Å². The summed E-state index contributed by atoms with van der Waals surface area (Å²) < 4.78 is 5.46. The monoisotopic (exact) mass is 420 g/mol. The molecule has 0 aliphatic carbocycles. The number of hydrogen-bond donors (Lipinski definition) is 1. The largest absolute Gasteiger partial charge is 0.496 e. The fourth-order valence-corrected chi connectivity index (χ4v) is 2.31. The minimum absolute atomic E-state index is 0. The number of likely N-dealkylation sites (N-methyl/N-ethyl adjacent to an activating group) is 1. The average Bonchev–Trinajstić information content (AvgIpc) is 2.48. The van der Waals surface area contributed by atoms with Crippen LogP contribution in [0.15, 0.2) is 29.3 Å². The number of nitrogens with two attached hydrogens (primary N) is 1. The highest BCUT2D eigenvalue weighted by atomic mass is 127. The molecule has 5 nitrogen and oxygen atoms in total. The van der Waals surface area contributed by atoms with E-state index in [1.807, 2.05) is 32.3 Å². The molecule has 0 amide bonds. The maximum absolute atomic E-state index is 6.06. The number of aliphatic imine (C=N–C) groups is 1. The summed E-state index contributed by atoms with van der Waals surface area (Å²) in [7, 11) is 5.78. The summed E-state index contributed by atoms with van der Waals surface area (Å²) in [6.07, 6.45) is 0. The molecule has 0 aliphatic rings. The third kappa shape index (κ3) is 5.64. The van der Waals surface area contributed by atoms with E-state index in [0.29, 0.717) is 12.5 Å². The van der Waals surface area contributed by atoms with Gasteiger partial charge in [-0.25, -0.2) is 0 Å². The first-order valence-corrected chi connectivity index (χ1v) is 7.39. The number of halogens is 1. The van der Waals surface area contributed by atoms with Crippen molar-refractivity contribution >= 4 is 29.9 Å². The second kappa shape index (κ2) is 10.7. The topological polar surface area (TPSA) is 54.1 Å². The van der Waals surface area contributed by atoms with Crippen LogP contribution in [0.1, 0.15) is 25.5 Å². The molecular formula is C16H29IN4O. The van der Waals surface area contributed by atoms with E-state index >= 15 is 0 Å². The SMILES string of the molecule is CCN(CC)C(N)=NCC(c1ccccc1OC)N(C)C.I. The van der Waals surface area contributed by atoms with Gasteiger partial charge in [-0.3, -0.25) is 4.99 Å². The second-order valence-electron chi connectivity index (χ2n) is 5.09. The number of benzene rings is 1. The third-order valence-corrected chi connectivity index (χ3v) is 3.63. The van der Waals surface area contributed by atoms with Gasteiger partial charge in [-0.1, -0.05) is 18.2 Å². The highest BCUT2D eigenvalue weighted by Crippen LogP contribution is 2.28. The van der Waals surface area contributed by atoms with Gasteiger partial charge in [-0.2, -0.15) is 0 Å². The summed E-state index contributed by atoms with van der Waals surface area (Å²) >= 11 is 0. The zero-order valence-electron chi connectivity index (χ0n) is 14.2. The van der Waals surface area contributed by atoms with Gasteiger partial charge in [0.2, 0.25) is 0 Å². The first-order valence-electron chi connectivity index (χ1n) is 7.39. The Morgan fingerprint density at radius 1 is 1.23 bits per heavy atom. The zero-order valence-corrected chi connectivity index (χ0v) is 16.6. The van der Waals surface area contributed by atoms with Crippen LogP contribution in [0.4, 0.5) is 0 Å². The molecule has 0 saturated heterocycles. The Morgan fingerprint density at radius 3 is 2.32 bits per heavy atom. The van der Waals surface area contributed by atoms with Gasteiger partial charge in [-0.05, 0) is 34.0 Å². The number of hydrogen-bond acceptors (Lipinski definition) is 3. The van der Waals surface area contributed by atoms with Gasteiger partial charge in [0.25, 0.3) is 0 Å². The molecule has 0 aliphatic heterocycles. The lowest BCUT2D eigenvalue weighted by Gasteiger charge is -2.26. The van der Waals surface area contributed by atoms with Crippen molar-refractivity contribution in [3.05, 3.63) is 29.8 Å². The number of para-hydroxylation sites is 1. The quantitative estimate of drug-likeness (QED) is 0.419. The molecule has 0 fully saturated rings. The van der Waals surface area contributed by atoms with E-state index in [1.165, 1.54) is 0 Å². The predicted octanol–water partition coefficient (Wildman–Crippen LogP) is 2.57. The minimum atomic E-state index is 0. The molecule has 0 heterocycles. The highest BCUT2D eigenvalue weighted by molar-refractivity contribution is 14.0. The smallest absolute Gasteiger partial charge is 0.191 e. The van der Waals surface area contributed by atoms with Crippen molar-refractivity contribution in [1.82, 2.24) is 9.80 Å². The highest BCUT2D eigenvalue weighted by Gasteiger charge is 2.18. The van der Waals surface area contributed by atoms with Gasteiger partial charge in [0.15, 0.2) is 5.96 Å². The number of ether oxygens (including phenoxy) is 1. The number of guanidine groups is 1. The maximum atomic E-state index is 6.06. The number of nitrogens with zero attached hydrogens (tertiary/aromatic N) is 3. The molecule has 0 saturated carbocycles. The Bertz CT molecular complexity index is 461. The summed E-state index contributed by atoms with van der Waals surface area (Å²) in [6, 6.07) is 8.18. The Balaban J connectivity index is 0.00000441. The maximum Gasteiger partial charge on any atom is 0.191 e. The predicted molar refractivity (Wildman–Crippen MR) is 104 cm³/mol. The van der Waals surface area contributed by atoms with Crippen LogP contribution in [0.5, 0.6) is 5.75 Å². The van der Waals surface area contributed by atoms with Crippen molar-refractivity contribution < 1.29 is 4.74 Å². The van der Waals surface area contributed by atoms with Crippen LogP contribution in [0, 0.1) is 0 Å². The van der Waals surface area contributed by atoms with Gasteiger partial charge >= 0.3 is 0 Å². The molecule has 1 aromatic carbocycles. The Kier molecular flexibility index (Phi) is 10.2. The van der Waals surface area contributed by atoms with E-state index in [0.717, 1.165) is 24.4 Å². The van der Waals surface area contributed by atoms with Crippen LogP contribution in [0.25, 0.3) is 0 Å². The fraction of sp³-hybridized carbons (Fsp3) is 0.562. The van der Waals surface area contributed by atoms with Gasteiger partial charge in [0, 0.05) is 18.7 Å². The summed E-state index contributed by atoms with van der Waals surface area (Å²) in [5, 5.41) is 0. The normalized spacial score (nSPS) is 12.7. The molecular weight excluding hydrogens is 391 g/mol. The van der Waals surface area contributed by atoms with Crippen molar-refractivity contribution in [2.45, 2.75) is 19.9 Å². The Labute approximate surface area is 151 Å². The average molecular weight is 420 g/mol. The molecule has 1 aromatic rings. The number of rotatable bonds is 7. The molecule has 0 spiro atoms. The summed E-state index contributed by atoms with van der Waals surface area (Å²) in [6.45, 7) is 6.50. The summed E-state index contributed by atoms with van der Waals surface area (Å²) in [5.41, 5.74) is 7.19. The first kappa shape index (κ1) is 21.0. The van der Waals surface area contributed by atoms with E-state index in [4.69, 9.17) is 10.5 Å². The third-order valence-electron chi connectivity index (χ3n) is 3.63. The van der Waals surface area contributed by atoms with Crippen molar-refractivity contribution in [3.63, 3.8) is 0 Å². The molecule has 126 valence electrons. The van der Waals surface area contributed by atoms with E-state index in [9.17, 15) is 0 Å². The van der Waals surface area contributed by atoms with E-state index in [2.05, 4.69) is 34.7 Å². The lowest BCUT2D eigenvalue weighted by Crippen LogP contribution is -2.37. The van der Waals surface area contributed by atoms with Crippen molar-refractivity contribution in [2.75, 3.05) is 40.8 Å². The van der Waals surface area contributed by atoms with Crippen LogP contribution in [0.2, 0.25) is 0 Å². The van der Waals surface area contributed by atoms with E-state index < -0.39 is 0 Å². The fourth-order valence-electron chi connectivity index (χ4n) is 2.31. The van der Waals surface area contributed by atoms with Crippen LogP contribution in [-0.4, -0.2) is 56.6 Å². The molecule has 1 atom stereocenters. The molecule has 1 unspecified atom stereocenters. The van der Waals surface area contributed by atoms with Gasteiger partial charge in [0.1, 0.15) is 5.75 Å². The van der Waals surface area contributed by atoms with Crippen molar-refractivity contribution in [2.24, 2.45) is 10.7 Å². The van der Waals surface area contributed by atoms with Crippen molar-refractivity contribution in [1.29, 1.82) is 0 Å². The van der Waals surface area contributed by atoms with Gasteiger partial charge < -0.3 is 20.3 Å². The van der Waals surface area contributed by atoms with Crippen molar-refractivity contribution in [3.8, 4) is 5.75 Å². The summed E-state index contributed by atoms with van der Waals surface area (Å²) in [5.74, 6) is 1.48. The second-order valence-corrected chi connectivity index (χ2v) is 5.09. The van der Waals surface area contributed by atoms with Crippen LogP contribution >= 0.6 is 24.0 Å². The number of methoxy groups -OCH3 is 1. The van der Waals surface area contributed by atoms with Crippen LogP contribution in [0.3, 0.4) is 0 Å². The lowest BCUT2D eigenvalue weighted by molar-refractivity contribution is 0.294. The zero-order chi connectivity index (χ0) is 15.8. The van der Waals surface area contributed by atoms with E-state index in [-0.39, 0.29) is 30.0 Å². The molecule has 6 heteroatoms. The van der Waals surface area contributed by atoms with Crippen LogP contribution in [-0.2, 0) is 0 Å². The van der Waals surface area contributed by atoms with Gasteiger partial charge in [-0.15, -0.1) is 24.0 Å². The standard InChI is InChI=1S/C16H28N4O.HI/c1-6-20(7-2)16(17)18-12-14(19(3)4)13-10-8-9-11-15(13)21-5;/h8-11,14H,6-7,12H2,1-5H3,(H2,17,18);1H. The first-order chi connectivity index (χ1) is 10.0. The Morgan fingerprint density at radius 2 is 1.82 bits per heavy atom. The molecule has 22 heavy (non-hydrogen) atoms. The molecule has 1 rings (SSSR count). The summed E-state index contributed by atoms with van der Waals surface area (Å²) in [4.78, 5) is 8.75. The molecule has 2 N–H and O–H groups in total. The van der Waals surface area contributed by atoms with Gasteiger partial charge in [0.05, 0.1) is 19.7 Å². The molecule has 0 radical (unpaired) electrons. The minimum Gasteiger partial charge on any atom is -0.496 e. The Hall–Kier alpha value is -1.02. The molecule has 0 bridgehead atoms. The lowest BCUT2D eigenvalue weighted by atomic mass is 10.0.